The second-order valence-corrected chi connectivity index (χ2v) is 14.2. The lowest BCUT2D eigenvalue weighted by atomic mass is 9.39. The van der Waals surface area contributed by atoms with Gasteiger partial charge in [-0.25, -0.2) is 0 Å². The van der Waals surface area contributed by atoms with E-state index in [1.54, 1.807) is 0 Å². The normalized spacial score (nSPS) is 29.4. The first kappa shape index (κ1) is 32.0. The minimum Gasteiger partial charge on any atom is -0.486 e. The van der Waals surface area contributed by atoms with Crippen molar-refractivity contribution in [2.24, 2.45) is 28.1 Å². The molecule has 0 unspecified atom stereocenters. The van der Waals surface area contributed by atoms with Crippen LogP contribution in [-0.4, -0.2) is 23.0 Å². The van der Waals surface area contributed by atoms with Crippen molar-refractivity contribution in [3.05, 3.63) is 58.4 Å². The second kappa shape index (κ2) is 11.4. The molecule has 0 amide bonds. The van der Waals surface area contributed by atoms with Crippen LogP contribution in [0, 0.1) is 28.1 Å². The SMILES string of the molecule is CC[C@@H](C)C(=O)[C@]12C(=O)C3=C(OC(C)(C)C=C3)[C@](CC=C(C)C)(C[C@H](CC=C(C)CCC=C(C)C)C1(C)C)C2=O. The number of ether oxygens (including phenoxy) is 1. The maximum absolute atomic E-state index is 15.1. The van der Waals surface area contributed by atoms with Crippen LogP contribution in [-0.2, 0) is 19.1 Å². The van der Waals surface area contributed by atoms with Crippen LogP contribution in [0.25, 0.3) is 0 Å². The monoisotopic (exact) mass is 548 g/mol. The van der Waals surface area contributed by atoms with Gasteiger partial charge in [0.15, 0.2) is 22.8 Å². The van der Waals surface area contributed by atoms with E-state index in [0.717, 1.165) is 18.4 Å². The van der Waals surface area contributed by atoms with Gasteiger partial charge in [0.25, 0.3) is 0 Å². The number of fused-ring (bicyclic) bond motifs is 3. The first-order valence-corrected chi connectivity index (χ1v) is 15.2. The Morgan fingerprint density at radius 2 is 1.65 bits per heavy atom. The van der Waals surface area contributed by atoms with Gasteiger partial charge in [0.2, 0.25) is 0 Å². The second-order valence-electron chi connectivity index (χ2n) is 14.2. The molecule has 0 spiro atoms. The molecule has 2 bridgehead atoms. The van der Waals surface area contributed by atoms with Crippen LogP contribution in [0.5, 0.6) is 0 Å². The van der Waals surface area contributed by atoms with Gasteiger partial charge in [-0.3, -0.25) is 14.4 Å². The lowest BCUT2D eigenvalue weighted by Gasteiger charge is -2.61. The number of allylic oxidation sites excluding steroid dienone is 9. The molecule has 3 rings (SSSR count). The summed E-state index contributed by atoms with van der Waals surface area (Å²) in [5.41, 5.74) is -0.186. The lowest BCUT2D eigenvalue weighted by molar-refractivity contribution is -0.179. The molecule has 1 saturated carbocycles. The van der Waals surface area contributed by atoms with Gasteiger partial charge < -0.3 is 4.74 Å². The molecule has 4 nitrogen and oxygen atoms in total. The Morgan fingerprint density at radius 3 is 2.23 bits per heavy atom. The number of hydrogen-bond acceptors (Lipinski definition) is 4. The molecule has 1 heterocycles. The smallest absolute Gasteiger partial charge is 0.187 e. The minimum atomic E-state index is -1.74. The lowest BCUT2D eigenvalue weighted by Crippen LogP contribution is -2.70. The molecule has 220 valence electrons. The zero-order valence-electron chi connectivity index (χ0n) is 26.9. The van der Waals surface area contributed by atoms with Crippen molar-refractivity contribution in [1.82, 2.24) is 0 Å². The van der Waals surface area contributed by atoms with Crippen LogP contribution in [0.1, 0.15) is 115 Å². The number of Topliss-reactive ketones (excluding diaryl/α,β-unsaturated/α-hetero) is 3. The van der Waals surface area contributed by atoms with E-state index < -0.39 is 27.8 Å². The molecule has 1 fully saturated rings. The fourth-order valence-electron chi connectivity index (χ4n) is 6.92. The van der Waals surface area contributed by atoms with Crippen LogP contribution < -0.4 is 0 Å². The van der Waals surface area contributed by atoms with Crippen LogP contribution in [0.15, 0.2) is 58.4 Å². The van der Waals surface area contributed by atoms with Crippen molar-refractivity contribution in [3.63, 3.8) is 0 Å². The number of carbonyl (C=O) groups is 3. The molecule has 4 heteroatoms. The predicted octanol–water partition coefficient (Wildman–Crippen LogP) is 8.83. The summed E-state index contributed by atoms with van der Waals surface area (Å²) in [6.45, 7) is 22.1. The number of rotatable bonds is 10. The zero-order chi connectivity index (χ0) is 30.3. The summed E-state index contributed by atoms with van der Waals surface area (Å²) in [5, 5.41) is 0. The maximum atomic E-state index is 15.1. The Morgan fingerprint density at radius 1 is 1.02 bits per heavy atom. The van der Waals surface area contributed by atoms with Crippen molar-refractivity contribution < 1.29 is 19.1 Å². The van der Waals surface area contributed by atoms with E-state index in [1.807, 2.05) is 67.5 Å². The highest BCUT2D eigenvalue weighted by Gasteiger charge is 2.75. The summed E-state index contributed by atoms with van der Waals surface area (Å²) in [6, 6.07) is 0. The van der Waals surface area contributed by atoms with Gasteiger partial charge in [-0.05, 0) is 110 Å². The molecule has 0 aromatic rings. The van der Waals surface area contributed by atoms with Crippen LogP contribution >= 0.6 is 0 Å². The summed E-state index contributed by atoms with van der Waals surface area (Å²) in [6.07, 6.45) is 14.5. The zero-order valence-corrected chi connectivity index (χ0v) is 26.9. The molecule has 0 radical (unpaired) electrons. The molecular weight excluding hydrogens is 496 g/mol. The molecule has 40 heavy (non-hydrogen) atoms. The predicted molar refractivity (Wildman–Crippen MR) is 164 cm³/mol. The van der Waals surface area contributed by atoms with E-state index in [0.29, 0.717) is 37.0 Å². The summed E-state index contributed by atoms with van der Waals surface area (Å²) in [4.78, 5) is 44.3. The largest absolute Gasteiger partial charge is 0.486 e. The van der Waals surface area contributed by atoms with E-state index in [-0.39, 0.29) is 23.3 Å². The highest BCUT2D eigenvalue weighted by atomic mass is 16.5. The Kier molecular flexibility index (Phi) is 9.14. The molecule has 0 aromatic carbocycles. The Bertz CT molecular complexity index is 1210. The highest BCUT2D eigenvalue weighted by molar-refractivity contribution is 6.34. The van der Waals surface area contributed by atoms with Crippen molar-refractivity contribution >= 4 is 17.3 Å². The minimum absolute atomic E-state index is 0.0576. The molecule has 0 N–H and O–H groups in total. The Balaban J connectivity index is 2.29. The Labute approximate surface area is 243 Å². The average molecular weight is 549 g/mol. The summed E-state index contributed by atoms with van der Waals surface area (Å²) in [7, 11) is 0. The number of hydrogen-bond donors (Lipinski definition) is 0. The molecule has 1 aliphatic heterocycles. The van der Waals surface area contributed by atoms with Crippen molar-refractivity contribution in [2.75, 3.05) is 0 Å². The van der Waals surface area contributed by atoms with Crippen molar-refractivity contribution in [3.8, 4) is 0 Å². The highest BCUT2D eigenvalue weighted by Crippen LogP contribution is 2.67. The van der Waals surface area contributed by atoms with Gasteiger partial charge >= 0.3 is 0 Å². The van der Waals surface area contributed by atoms with Gasteiger partial charge in [-0.2, -0.15) is 0 Å². The molecule has 2 aliphatic carbocycles. The van der Waals surface area contributed by atoms with E-state index in [4.69, 9.17) is 4.74 Å². The maximum Gasteiger partial charge on any atom is 0.187 e. The first-order valence-electron chi connectivity index (χ1n) is 15.2. The number of ketones is 3. The number of carbonyl (C=O) groups excluding carboxylic acids is 3. The standard InChI is InChI=1S/C36H52O4/c1-12-26(7)29(37)36-30(38)28-19-20-33(8,9)40-31(28)35(32(36)39,21-18-24(4)5)22-27(34(36,10)11)17-16-25(6)15-13-14-23(2)3/h14,16,18-20,26-27H,12-13,15,17,21-22H2,1-11H3/t26-,27+,35+,36-/m1/s1. The fraction of sp³-hybridized carbons (Fsp3) is 0.639. The van der Waals surface area contributed by atoms with E-state index in [2.05, 4.69) is 39.0 Å². The third kappa shape index (κ3) is 5.28. The molecule has 3 aliphatic rings. The molecule has 0 saturated heterocycles. The van der Waals surface area contributed by atoms with E-state index >= 15 is 4.79 Å². The summed E-state index contributed by atoms with van der Waals surface area (Å²) in [5.74, 6) is -0.821. The third-order valence-electron chi connectivity index (χ3n) is 9.77. The van der Waals surface area contributed by atoms with Crippen LogP contribution in [0.2, 0.25) is 0 Å². The first-order chi connectivity index (χ1) is 18.5. The fourth-order valence-corrected chi connectivity index (χ4v) is 6.92. The van der Waals surface area contributed by atoms with Gasteiger partial charge in [-0.1, -0.05) is 62.6 Å². The van der Waals surface area contributed by atoms with E-state index in [1.165, 1.54) is 11.1 Å². The van der Waals surface area contributed by atoms with Gasteiger partial charge in [0.1, 0.15) is 11.4 Å². The van der Waals surface area contributed by atoms with Gasteiger partial charge in [-0.15, -0.1) is 0 Å². The molecule has 4 atom stereocenters. The average Bonchev–Trinajstić information content (AvgIpc) is 2.85. The van der Waals surface area contributed by atoms with Crippen LogP contribution in [0.3, 0.4) is 0 Å². The van der Waals surface area contributed by atoms with E-state index in [9.17, 15) is 9.59 Å². The molecule has 0 aromatic heterocycles. The topological polar surface area (TPSA) is 60.4 Å². The summed E-state index contributed by atoms with van der Waals surface area (Å²) >= 11 is 0. The van der Waals surface area contributed by atoms with Crippen LogP contribution in [0.4, 0.5) is 0 Å². The van der Waals surface area contributed by atoms with Gasteiger partial charge in [0, 0.05) is 5.92 Å². The third-order valence-corrected chi connectivity index (χ3v) is 9.77. The van der Waals surface area contributed by atoms with Crippen molar-refractivity contribution in [2.45, 2.75) is 120 Å². The van der Waals surface area contributed by atoms with Gasteiger partial charge in [0.05, 0.1) is 11.0 Å². The van der Waals surface area contributed by atoms with Crippen molar-refractivity contribution in [1.29, 1.82) is 0 Å². The Hall–Kier alpha value is -2.49. The molecular formula is C36H52O4. The quantitative estimate of drug-likeness (QED) is 0.202. The summed E-state index contributed by atoms with van der Waals surface area (Å²) < 4.78 is 6.56.